The molecule has 23 heavy (non-hydrogen) atoms. The Morgan fingerprint density at radius 1 is 1.22 bits per heavy atom. The molecular weight excluding hydrogens is 318 g/mol. The van der Waals surface area contributed by atoms with Gasteiger partial charge in [-0.05, 0) is 31.4 Å². The summed E-state index contributed by atoms with van der Waals surface area (Å²) in [7, 11) is -2.61. The lowest BCUT2D eigenvalue weighted by Gasteiger charge is -2.27. The fourth-order valence-corrected chi connectivity index (χ4v) is 5.42. The van der Waals surface area contributed by atoms with E-state index in [2.05, 4.69) is 0 Å². The second-order valence-corrected chi connectivity index (χ2v) is 8.04. The summed E-state index contributed by atoms with van der Waals surface area (Å²) < 4.78 is 32.0. The van der Waals surface area contributed by atoms with Gasteiger partial charge in [0.25, 0.3) is 0 Å². The molecule has 3 atom stereocenters. The normalized spacial score (nSPS) is 27.9. The molecule has 0 unspecified atom stereocenters. The van der Waals surface area contributed by atoms with Crippen LogP contribution in [-0.2, 0) is 24.3 Å². The monoisotopic (exact) mass is 337 g/mol. The van der Waals surface area contributed by atoms with Crippen LogP contribution in [0.3, 0.4) is 0 Å². The number of hydrogen-bond donors (Lipinski definition) is 0. The lowest BCUT2D eigenvalue weighted by molar-refractivity contribution is -0.144. The fraction of sp³-hybridized carbons (Fsp3) is 0.500. The van der Waals surface area contributed by atoms with Crippen molar-refractivity contribution in [2.45, 2.75) is 43.2 Å². The highest BCUT2D eigenvalue weighted by Crippen LogP contribution is 2.43. The van der Waals surface area contributed by atoms with Gasteiger partial charge in [-0.1, -0.05) is 17.7 Å². The SMILES string of the molecule is COC(=O)[C@@H]1C[C@@H]2CC(=O)C[C@@H]2N1S(=O)(=O)c1ccc(C)cc1. The standard InChI is InChI=1S/C16H19NO5S/c1-10-3-5-13(6-4-10)23(20,21)17-14-9-12(18)7-11(14)8-15(17)16(19)22-2/h3-6,11,14-15H,7-9H2,1-2H3/t11-,14-,15-/m0/s1. The average Bonchev–Trinajstić information content (AvgIpc) is 3.02. The molecule has 7 heteroatoms. The highest BCUT2D eigenvalue weighted by atomic mass is 32.2. The second-order valence-electron chi connectivity index (χ2n) is 6.20. The van der Waals surface area contributed by atoms with Gasteiger partial charge in [0.15, 0.2) is 0 Å². The van der Waals surface area contributed by atoms with E-state index in [0.717, 1.165) is 5.56 Å². The number of ketones is 1. The minimum atomic E-state index is -3.86. The number of benzene rings is 1. The summed E-state index contributed by atoms with van der Waals surface area (Å²) in [5.41, 5.74) is 0.948. The second kappa shape index (κ2) is 5.72. The molecule has 1 aliphatic carbocycles. The molecule has 1 saturated heterocycles. The van der Waals surface area contributed by atoms with Gasteiger partial charge in [-0.2, -0.15) is 4.31 Å². The minimum Gasteiger partial charge on any atom is -0.468 e. The van der Waals surface area contributed by atoms with Crippen LogP contribution in [0, 0.1) is 12.8 Å². The number of rotatable bonds is 3. The maximum Gasteiger partial charge on any atom is 0.324 e. The van der Waals surface area contributed by atoms with Crippen LogP contribution in [0.4, 0.5) is 0 Å². The Morgan fingerprint density at radius 2 is 1.87 bits per heavy atom. The van der Waals surface area contributed by atoms with E-state index in [9.17, 15) is 18.0 Å². The molecular formula is C16H19NO5S. The first kappa shape index (κ1) is 16.1. The maximum atomic E-state index is 13.0. The van der Waals surface area contributed by atoms with Crippen molar-refractivity contribution in [3.63, 3.8) is 0 Å². The highest BCUT2D eigenvalue weighted by Gasteiger charge is 2.54. The molecule has 2 fully saturated rings. The van der Waals surface area contributed by atoms with Crippen molar-refractivity contribution in [1.82, 2.24) is 4.31 Å². The summed E-state index contributed by atoms with van der Waals surface area (Å²) in [6.07, 6.45) is 0.843. The van der Waals surface area contributed by atoms with E-state index in [1.54, 1.807) is 12.1 Å². The summed E-state index contributed by atoms with van der Waals surface area (Å²) in [4.78, 5) is 23.9. The summed E-state index contributed by atoms with van der Waals surface area (Å²) in [6, 6.07) is 5.19. The van der Waals surface area contributed by atoms with Crippen molar-refractivity contribution >= 4 is 21.8 Å². The number of ether oxygens (including phenoxy) is 1. The lowest BCUT2D eigenvalue weighted by atomic mass is 10.0. The Hall–Kier alpha value is -1.73. The first-order chi connectivity index (χ1) is 10.8. The van der Waals surface area contributed by atoms with Crippen molar-refractivity contribution in [1.29, 1.82) is 0 Å². The molecule has 1 aromatic carbocycles. The largest absolute Gasteiger partial charge is 0.468 e. The molecule has 0 amide bonds. The van der Waals surface area contributed by atoms with Gasteiger partial charge in [0, 0.05) is 18.9 Å². The number of hydrogen-bond acceptors (Lipinski definition) is 5. The van der Waals surface area contributed by atoms with Gasteiger partial charge in [0.05, 0.1) is 12.0 Å². The van der Waals surface area contributed by atoms with Crippen LogP contribution in [0.15, 0.2) is 29.2 Å². The Morgan fingerprint density at radius 3 is 2.48 bits per heavy atom. The molecule has 1 heterocycles. The maximum absolute atomic E-state index is 13.0. The molecule has 124 valence electrons. The Balaban J connectivity index is 2.03. The van der Waals surface area contributed by atoms with Gasteiger partial charge in [-0.3, -0.25) is 9.59 Å². The van der Waals surface area contributed by atoms with Gasteiger partial charge in [-0.15, -0.1) is 0 Å². The van der Waals surface area contributed by atoms with Crippen molar-refractivity contribution in [3.8, 4) is 0 Å². The third-order valence-corrected chi connectivity index (χ3v) is 6.65. The van der Waals surface area contributed by atoms with E-state index in [1.807, 2.05) is 6.92 Å². The molecule has 0 N–H and O–H groups in total. The molecule has 1 saturated carbocycles. The van der Waals surface area contributed by atoms with Crippen LogP contribution in [0.1, 0.15) is 24.8 Å². The first-order valence-electron chi connectivity index (χ1n) is 7.54. The highest BCUT2D eigenvalue weighted by molar-refractivity contribution is 7.89. The van der Waals surface area contributed by atoms with Crippen molar-refractivity contribution in [2.75, 3.05) is 7.11 Å². The summed E-state index contributed by atoms with van der Waals surface area (Å²) >= 11 is 0. The first-order valence-corrected chi connectivity index (χ1v) is 8.98. The van der Waals surface area contributed by atoms with Gasteiger partial charge < -0.3 is 4.74 Å². The number of Topliss-reactive ketones (excluding diaryl/α,β-unsaturated/α-hetero) is 1. The summed E-state index contributed by atoms with van der Waals surface area (Å²) in [5.74, 6) is -0.623. The Labute approximate surface area is 135 Å². The average molecular weight is 337 g/mol. The van der Waals surface area contributed by atoms with Crippen LogP contribution >= 0.6 is 0 Å². The number of sulfonamides is 1. The molecule has 0 aromatic heterocycles. The Bertz CT molecular complexity index is 740. The molecule has 3 rings (SSSR count). The Kier molecular flexibility index (Phi) is 4.01. The minimum absolute atomic E-state index is 0.0485. The molecule has 1 aromatic rings. The number of carbonyl (C=O) groups excluding carboxylic acids is 2. The van der Waals surface area contributed by atoms with E-state index in [-0.39, 0.29) is 23.0 Å². The third kappa shape index (κ3) is 2.68. The number of nitrogens with zero attached hydrogens (tertiary/aromatic N) is 1. The van der Waals surface area contributed by atoms with Crippen LogP contribution in [0.2, 0.25) is 0 Å². The van der Waals surface area contributed by atoms with Crippen LogP contribution < -0.4 is 0 Å². The quantitative estimate of drug-likeness (QED) is 0.776. The van der Waals surface area contributed by atoms with E-state index in [4.69, 9.17) is 4.74 Å². The van der Waals surface area contributed by atoms with Crippen LogP contribution in [-0.4, -0.2) is 43.7 Å². The van der Waals surface area contributed by atoms with Crippen LogP contribution in [0.5, 0.6) is 0 Å². The number of carbonyl (C=O) groups is 2. The van der Waals surface area contributed by atoms with Crippen molar-refractivity contribution < 1.29 is 22.7 Å². The van der Waals surface area contributed by atoms with Crippen molar-refractivity contribution in [2.24, 2.45) is 5.92 Å². The zero-order chi connectivity index (χ0) is 16.8. The topological polar surface area (TPSA) is 80.8 Å². The molecule has 0 radical (unpaired) electrons. The van der Waals surface area contributed by atoms with E-state index < -0.39 is 28.1 Å². The summed E-state index contributed by atoms with van der Waals surface area (Å²) in [6.45, 7) is 1.87. The van der Waals surface area contributed by atoms with Gasteiger partial charge in [0.2, 0.25) is 10.0 Å². The van der Waals surface area contributed by atoms with Crippen molar-refractivity contribution in [3.05, 3.63) is 29.8 Å². The zero-order valence-corrected chi connectivity index (χ0v) is 13.9. The number of methoxy groups -OCH3 is 1. The molecule has 2 aliphatic rings. The van der Waals surface area contributed by atoms with Gasteiger partial charge in [0.1, 0.15) is 11.8 Å². The van der Waals surface area contributed by atoms with Crippen LogP contribution in [0.25, 0.3) is 0 Å². The molecule has 0 spiro atoms. The molecule has 0 bridgehead atoms. The number of esters is 1. The van der Waals surface area contributed by atoms with Gasteiger partial charge >= 0.3 is 5.97 Å². The number of aryl methyl sites for hydroxylation is 1. The number of fused-ring (bicyclic) bond motifs is 1. The smallest absolute Gasteiger partial charge is 0.324 e. The van der Waals surface area contributed by atoms with E-state index in [0.29, 0.717) is 12.8 Å². The van der Waals surface area contributed by atoms with Gasteiger partial charge in [-0.25, -0.2) is 8.42 Å². The fourth-order valence-electron chi connectivity index (χ4n) is 3.59. The lowest BCUT2D eigenvalue weighted by Crippen LogP contribution is -2.45. The molecule has 1 aliphatic heterocycles. The molecule has 6 nitrogen and oxygen atoms in total. The third-order valence-electron chi connectivity index (χ3n) is 4.70. The van der Waals surface area contributed by atoms with E-state index in [1.165, 1.54) is 23.5 Å². The predicted molar refractivity (Wildman–Crippen MR) is 82.1 cm³/mol. The van der Waals surface area contributed by atoms with E-state index >= 15 is 0 Å². The predicted octanol–water partition coefficient (Wildman–Crippen LogP) is 1.28. The zero-order valence-electron chi connectivity index (χ0n) is 13.1. The summed E-state index contributed by atoms with van der Waals surface area (Å²) in [5, 5.41) is 0.